The fraction of sp³-hybridized carbons (Fsp3) is 0.526. The molecule has 1 aromatic carbocycles. The molecule has 1 N–H and O–H groups in total. The van der Waals surface area contributed by atoms with E-state index in [9.17, 15) is 4.79 Å². The number of rotatable bonds is 8. The number of aromatic nitrogens is 2. The van der Waals surface area contributed by atoms with Crippen LogP contribution in [0.2, 0.25) is 0 Å². The zero-order chi connectivity index (χ0) is 17.4. The number of ether oxygens (including phenoxy) is 1. The first-order chi connectivity index (χ1) is 12.1. The van der Waals surface area contributed by atoms with E-state index in [1.165, 1.54) is 29.7 Å². The van der Waals surface area contributed by atoms with Crippen LogP contribution in [0.4, 0.5) is 0 Å². The molecule has 1 heterocycles. The minimum absolute atomic E-state index is 0.0689. The summed E-state index contributed by atoms with van der Waals surface area (Å²) in [6.45, 7) is 3.03. The van der Waals surface area contributed by atoms with Gasteiger partial charge in [0.1, 0.15) is 15.8 Å². The number of nitrogens with one attached hydrogen (secondary N) is 1. The molecule has 0 radical (unpaired) electrons. The molecule has 2 aliphatic carbocycles. The number of Topliss-reactive ketones (excluding diaryl/α,β-unsaturated/α-hetero) is 1. The van der Waals surface area contributed by atoms with Crippen LogP contribution in [0.5, 0.6) is 5.75 Å². The summed E-state index contributed by atoms with van der Waals surface area (Å²) in [6.07, 6.45) is 4.18. The molecule has 0 saturated heterocycles. The molecule has 2 unspecified atom stereocenters. The molecule has 2 aromatic rings. The Labute approximate surface area is 151 Å². The van der Waals surface area contributed by atoms with Gasteiger partial charge in [-0.25, -0.2) is 0 Å². The van der Waals surface area contributed by atoms with E-state index < -0.39 is 0 Å². The number of methoxy groups -OCH3 is 1. The van der Waals surface area contributed by atoms with Gasteiger partial charge in [0.15, 0.2) is 5.78 Å². The second-order valence-corrected chi connectivity index (χ2v) is 8.38. The third-order valence-corrected chi connectivity index (χ3v) is 5.79. The number of carbonyl (C=O) groups excluding carboxylic acids is 1. The summed E-state index contributed by atoms with van der Waals surface area (Å²) in [5, 5.41) is 13.4. The van der Waals surface area contributed by atoms with Crippen LogP contribution in [0.25, 0.3) is 0 Å². The Morgan fingerprint density at radius 1 is 1.32 bits per heavy atom. The topological polar surface area (TPSA) is 64.1 Å². The predicted molar refractivity (Wildman–Crippen MR) is 97.5 cm³/mol. The van der Waals surface area contributed by atoms with Crippen molar-refractivity contribution in [3.63, 3.8) is 0 Å². The van der Waals surface area contributed by atoms with E-state index in [1.54, 1.807) is 7.11 Å². The van der Waals surface area contributed by atoms with E-state index in [4.69, 9.17) is 4.74 Å². The van der Waals surface area contributed by atoms with Gasteiger partial charge in [-0.15, -0.1) is 21.5 Å². The first-order valence-electron chi connectivity index (χ1n) is 8.87. The molecule has 0 spiro atoms. The fourth-order valence-corrected chi connectivity index (χ4v) is 3.90. The summed E-state index contributed by atoms with van der Waals surface area (Å²) in [7, 11) is 1.65. The lowest BCUT2D eigenvalue weighted by atomic mass is 10.0. The molecule has 2 fully saturated rings. The molecule has 2 aliphatic rings. The van der Waals surface area contributed by atoms with Crippen molar-refractivity contribution < 1.29 is 9.53 Å². The van der Waals surface area contributed by atoms with E-state index in [0.29, 0.717) is 23.9 Å². The van der Waals surface area contributed by atoms with Gasteiger partial charge in [-0.3, -0.25) is 4.79 Å². The highest BCUT2D eigenvalue weighted by Crippen LogP contribution is 2.43. The van der Waals surface area contributed by atoms with Gasteiger partial charge in [0, 0.05) is 17.5 Å². The predicted octanol–water partition coefficient (Wildman–Crippen LogP) is 3.14. The third kappa shape index (κ3) is 4.07. The lowest BCUT2D eigenvalue weighted by Crippen LogP contribution is -2.20. The van der Waals surface area contributed by atoms with Gasteiger partial charge in [0.25, 0.3) is 0 Å². The monoisotopic (exact) mass is 357 g/mol. The second kappa shape index (κ2) is 6.84. The summed E-state index contributed by atoms with van der Waals surface area (Å²) in [5.41, 5.74) is 1.90. The van der Waals surface area contributed by atoms with Crippen LogP contribution in [-0.2, 0) is 6.42 Å². The van der Waals surface area contributed by atoms with Crippen molar-refractivity contribution in [1.82, 2.24) is 15.5 Å². The Bertz CT molecular complexity index is 785. The molecule has 4 rings (SSSR count). The average molecular weight is 357 g/mol. The highest BCUT2D eigenvalue weighted by atomic mass is 32.1. The zero-order valence-electron chi connectivity index (χ0n) is 14.6. The van der Waals surface area contributed by atoms with E-state index in [-0.39, 0.29) is 5.78 Å². The van der Waals surface area contributed by atoms with Crippen LogP contribution in [0.1, 0.15) is 51.1 Å². The largest absolute Gasteiger partial charge is 0.497 e. The number of carbonyl (C=O) groups is 1. The zero-order valence-corrected chi connectivity index (χ0v) is 15.4. The standard InChI is InChI=1S/C19H23N3O2S/c1-11-21-22-19(25-11)9-18(23)14-5-13(6-15(7-14)24-2)16-8-17(16)20-10-12-3-4-12/h5-7,12,16-17,20H,3-4,8-10H2,1-2H3. The lowest BCUT2D eigenvalue weighted by molar-refractivity contribution is 0.0992. The maximum Gasteiger partial charge on any atom is 0.169 e. The van der Waals surface area contributed by atoms with Gasteiger partial charge in [0.05, 0.1) is 13.5 Å². The molecule has 5 nitrogen and oxygen atoms in total. The van der Waals surface area contributed by atoms with Crippen molar-refractivity contribution >= 4 is 17.1 Å². The minimum atomic E-state index is 0.0689. The van der Waals surface area contributed by atoms with E-state index >= 15 is 0 Å². The number of ketones is 1. The molecule has 0 amide bonds. The molecule has 0 aliphatic heterocycles. The first kappa shape index (κ1) is 16.7. The van der Waals surface area contributed by atoms with Crippen molar-refractivity contribution in [1.29, 1.82) is 0 Å². The Hall–Kier alpha value is -1.79. The Balaban J connectivity index is 1.47. The quantitative estimate of drug-likeness (QED) is 0.735. The molecular formula is C19H23N3O2S. The average Bonchev–Trinajstić information content (AvgIpc) is 3.52. The molecular weight excluding hydrogens is 334 g/mol. The number of nitrogens with zero attached hydrogens (tertiary/aromatic N) is 2. The summed E-state index contributed by atoms with van der Waals surface area (Å²) < 4.78 is 5.42. The SMILES string of the molecule is COc1cc(C(=O)Cc2nnc(C)s2)cc(C2CC2NCC2CC2)c1. The number of hydrogen-bond donors (Lipinski definition) is 1. The smallest absolute Gasteiger partial charge is 0.169 e. The summed E-state index contributed by atoms with van der Waals surface area (Å²) in [4.78, 5) is 12.7. The molecule has 25 heavy (non-hydrogen) atoms. The van der Waals surface area contributed by atoms with Crippen molar-refractivity contribution in [3.05, 3.63) is 39.3 Å². The van der Waals surface area contributed by atoms with Crippen molar-refractivity contribution in [2.24, 2.45) is 5.92 Å². The van der Waals surface area contributed by atoms with Gasteiger partial charge in [-0.2, -0.15) is 0 Å². The summed E-state index contributed by atoms with van der Waals surface area (Å²) in [6, 6.07) is 6.47. The van der Waals surface area contributed by atoms with Crippen molar-refractivity contribution in [2.45, 2.75) is 44.6 Å². The van der Waals surface area contributed by atoms with Crippen LogP contribution >= 0.6 is 11.3 Å². The Kier molecular flexibility index (Phi) is 4.56. The molecule has 132 valence electrons. The van der Waals surface area contributed by atoms with E-state index in [1.807, 2.05) is 19.1 Å². The first-order valence-corrected chi connectivity index (χ1v) is 9.68. The lowest BCUT2D eigenvalue weighted by Gasteiger charge is -2.09. The van der Waals surface area contributed by atoms with Crippen LogP contribution in [0, 0.1) is 12.8 Å². The molecule has 6 heteroatoms. The molecule has 0 bridgehead atoms. The van der Waals surface area contributed by atoms with Gasteiger partial charge in [-0.05, 0) is 62.4 Å². The van der Waals surface area contributed by atoms with Crippen LogP contribution in [0.3, 0.4) is 0 Å². The Morgan fingerprint density at radius 3 is 2.84 bits per heavy atom. The number of benzene rings is 1. The summed E-state index contributed by atoms with van der Waals surface area (Å²) >= 11 is 1.47. The number of aryl methyl sites for hydroxylation is 1. The second-order valence-electron chi connectivity index (χ2n) is 7.11. The van der Waals surface area contributed by atoms with Crippen LogP contribution < -0.4 is 10.1 Å². The highest BCUT2D eigenvalue weighted by molar-refractivity contribution is 7.11. The normalized spacial score (nSPS) is 22.0. The molecule has 2 atom stereocenters. The maximum atomic E-state index is 12.7. The number of hydrogen-bond acceptors (Lipinski definition) is 6. The fourth-order valence-electron chi connectivity index (χ4n) is 3.19. The van der Waals surface area contributed by atoms with Crippen LogP contribution in [0.15, 0.2) is 18.2 Å². The Morgan fingerprint density at radius 2 is 2.16 bits per heavy atom. The van der Waals surface area contributed by atoms with Crippen molar-refractivity contribution in [3.8, 4) is 5.75 Å². The van der Waals surface area contributed by atoms with Crippen molar-refractivity contribution in [2.75, 3.05) is 13.7 Å². The van der Waals surface area contributed by atoms with E-state index in [2.05, 4.69) is 21.6 Å². The van der Waals surface area contributed by atoms with E-state index in [0.717, 1.165) is 34.6 Å². The highest BCUT2D eigenvalue weighted by Gasteiger charge is 2.39. The van der Waals surface area contributed by atoms with Gasteiger partial charge in [-0.1, -0.05) is 0 Å². The summed E-state index contributed by atoms with van der Waals surface area (Å²) in [5.74, 6) is 2.20. The maximum absolute atomic E-state index is 12.7. The third-order valence-electron chi connectivity index (χ3n) is 4.95. The van der Waals surface area contributed by atoms with Gasteiger partial charge < -0.3 is 10.1 Å². The van der Waals surface area contributed by atoms with Gasteiger partial charge >= 0.3 is 0 Å². The molecule has 1 aromatic heterocycles. The minimum Gasteiger partial charge on any atom is -0.497 e. The van der Waals surface area contributed by atoms with Gasteiger partial charge in [0.2, 0.25) is 0 Å². The van der Waals surface area contributed by atoms with Crippen LogP contribution in [-0.4, -0.2) is 35.7 Å². The molecule has 2 saturated carbocycles.